The zero-order valence-electron chi connectivity index (χ0n) is 13.0. The molecule has 1 heterocycles. The van der Waals surface area contributed by atoms with E-state index in [0.717, 1.165) is 11.5 Å². The molecule has 3 rings (SSSR count). The number of benzene rings is 2. The van der Waals surface area contributed by atoms with E-state index in [1.165, 1.54) is 12.1 Å². The average Bonchev–Trinajstić information content (AvgIpc) is 2.58. The lowest BCUT2D eigenvalue weighted by Crippen LogP contribution is -2.43. The molecule has 2 aromatic carbocycles. The molecule has 1 aliphatic rings. The van der Waals surface area contributed by atoms with Gasteiger partial charge in [-0.05, 0) is 42.5 Å². The van der Waals surface area contributed by atoms with Crippen LogP contribution < -0.4 is 14.8 Å². The van der Waals surface area contributed by atoms with Crippen LogP contribution in [0.2, 0.25) is 5.02 Å². The van der Waals surface area contributed by atoms with Crippen LogP contribution in [0.4, 0.5) is 10.1 Å². The predicted octanol–water partition coefficient (Wildman–Crippen LogP) is 3.95. The summed E-state index contributed by atoms with van der Waals surface area (Å²) in [5.41, 5.74) is 0.629. The van der Waals surface area contributed by atoms with Gasteiger partial charge in [0.25, 0.3) is 0 Å². The maximum Gasteiger partial charge on any atom is 0.173 e. The molecular formula is C17H16ClFN2O2S. The largest absolute Gasteiger partial charge is 0.486 e. The monoisotopic (exact) mass is 366 g/mol. The highest BCUT2D eigenvalue weighted by molar-refractivity contribution is 7.80. The number of nitrogens with zero attached hydrogens (tertiary/aromatic N) is 1. The molecule has 0 fully saturated rings. The summed E-state index contributed by atoms with van der Waals surface area (Å²) in [6.07, 6.45) is -0.138. The zero-order valence-corrected chi connectivity index (χ0v) is 14.5. The Bertz CT molecular complexity index is 759. The van der Waals surface area contributed by atoms with Crippen LogP contribution in [0.25, 0.3) is 0 Å². The minimum absolute atomic E-state index is 0.0473. The van der Waals surface area contributed by atoms with Gasteiger partial charge >= 0.3 is 0 Å². The second kappa shape index (κ2) is 7.23. The van der Waals surface area contributed by atoms with Crippen molar-refractivity contribution in [2.45, 2.75) is 6.10 Å². The third kappa shape index (κ3) is 3.88. The van der Waals surface area contributed by atoms with Crippen molar-refractivity contribution in [3.05, 3.63) is 53.3 Å². The number of likely N-dealkylation sites (N-methyl/N-ethyl adjacent to an activating group) is 1. The fourth-order valence-corrected chi connectivity index (χ4v) is 2.71. The van der Waals surface area contributed by atoms with E-state index in [9.17, 15) is 4.39 Å². The molecule has 1 atom stereocenters. The number of hydrogen-bond donors (Lipinski definition) is 1. The van der Waals surface area contributed by atoms with E-state index < -0.39 is 5.82 Å². The highest BCUT2D eigenvalue weighted by atomic mass is 35.5. The first-order valence-corrected chi connectivity index (χ1v) is 8.17. The summed E-state index contributed by atoms with van der Waals surface area (Å²) >= 11 is 11.1. The van der Waals surface area contributed by atoms with Gasteiger partial charge in [0.15, 0.2) is 22.7 Å². The van der Waals surface area contributed by atoms with Gasteiger partial charge in [-0.25, -0.2) is 4.39 Å². The van der Waals surface area contributed by atoms with Crippen molar-refractivity contribution in [2.24, 2.45) is 0 Å². The van der Waals surface area contributed by atoms with E-state index in [0.29, 0.717) is 24.0 Å². The van der Waals surface area contributed by atoms with Gasteiger partial charge < -0.3 is 19.7 Å². The van der Waals surface area contributed by atoms with Crippen LogP contribution in [0, 0.1) is 5.82 Å². The molecule has 1 unspecified atom stereocenters. The number of rotatable bonds is 3. The molecule has 0 bridgehead atoms. The number of hydrogen-bond acceptors (Lipinski definition) is 3. The Hall–Kier alpha value is -2.05. The summed E-state index contributed by atoms with van der Waals surface area (Å²) < 4.78 is 24.8. The first-order chi connectivity index (χ1) is 11.5. The molecule has 0 radical (unpaired) electrons. The van der Waals surface area contributed by atoms with Crippen LogP contribution in [-0.2, 0) is 0 Å². The Morgan fingerprint density at radius 1 is 1.33 bits per heavy atom. The second-order valence-corrected chi connectivity index (χ2v) is 6.23. The van der Waals surface area contributed by atoms with Gasteiger partial charge in [0.1, 0.15) is 12.4 Å². The molecule has 0 amide bonds. The smallest absolute Gasteiger partial charge is 0.173 e. The summed E-state index contributed by atoms with van der Waals surface area (Å²) in [5, 5.41) is 3.56. The molecule has 126 valence electrons. The van der Waals surface area contributed by atoms with E-state index in [2.05, 4.69) is 5.32 Å². The summed E-state index contributed by atoms with van der Waals surface area (Å²) in [5.74, 6) is 1.01. The van der Waals surface area contributed by atoms with Gasteiger partial charge in [0.2, 0.25) is 0 Å². The normalized spacial score (nSPS) is 15.7. The molecule has 0 spiro atoms. The molecular weight excluding hydrogens is 351 g/mol. The van der Waals surface area contributed by atoms with Crippen LogP contribution in [0.1, 0.15) is 0 Å². The number of anilines is 1. The fraction of sp³-hybridized carbons (Fsp3) is 0.235. The van der Waals surface area contributed by atoms with Gasteiger partial charge in [0.05, 0.1) is 11.6 Å². The van der Waals surface area contributed by atoms with Gasteiger partial charge in [0, 0.05) is 12.7 Å². The van der Waals surface area contributed by atoms with Crippen molar-refractivity contribution in [2.75, 3.05) is 25.5 Å². The topological polar surface area (TPSA) is 33.7 Å². The first kappa shape index (κ1) is 16.8. The molecule has 7 heteroatoms. The molecule has 0 saturated heterocycles. The molecule has 2 aromatic rings. The lowest BCUT2D eigenvalue weighted by molar-refractivity contribution is 0.0784. The number of thiocarbonyl (C=S) groups is 1. The molecule has 1 aliphatic heterocycles. The second-order valence-electron chi connectivity index (χ2n) is 5.44. The Morgan fingerprint density at radius 2 is 2.08 bits per heavy atom. The van der Waals surface area contributed by atoms with Crippen LogP contribution in [0.3, 0.4) is 0 Å². The quantitative estimate of drug-likeness (QED) is 0.832. The van der Waals surface area contributed by atoms with Crippen LogP contribution in [0.5, 0.6) is 11.5 Å². The van der Waals surface area contributed by atoms with Crippen molar-refractivity contribution in [1.29, 1.82) is 0 Å². The van der Waals surface area contributed by atoms with Crippen molar-refractivity contribution in [1.82, 2.24) is 4.90 Å². The number of ether oxygens (including phenoxy) is 2. The van der Waals surface area contributed by atoms with E-state index >= 15 is 0 Å². The lowest BCUT2D eigenvalue weighted by atomic mass is 10.2. The Kier molecular flexibility index (Phi) is 5.06. The Morgan fingerprint density at radius 3 is 2.83 bits per heavy atom. The Balaban J connectivity index is 1.57. The van der Waals surface area contributed by atoms with Gasteiger partial charge in [-0.1, -0.05) is 23.7 Å². The minimum Gasteiger partial charge on any atom is -0.486 e. The third-order valence-electron chi connectivity index (χ3n) is 3.56. The van der Waals surface area contributed by atoms with Crippen molar-refractivity contribution < 1.29 is 13.9 Å². The van der Waals surface area contributed by atoms with E-state index in [1.54, 1.807) is 6.07 Å². The van der Waals surface area contributed by atoms with Gasteiger partial charge in [-0.2, -0.15) is 0 Å². The predicted molar refractivity (Wildman–Crippen MR) is 96.6 cm³/mol. The maximum atomic E-state index is 13.2. The Labute approximate surface area is 150 Å². The molecule has 0 aliphatic carbocycles. The van der Waals surface area contributed by atoms with Crippen LogP contribution in [-0.4, -0.2) is 36.3 Å². The number of para-hydroxylation sites is 2. The zero-order chi connectivity index (χ0) is 17.1. The summed E-state index contributed by atoms with van der Waals surface area (Å²) in [6.45, 7) is 1.00. The van der Waals surface area contributed by atoms with Crippen molar-refractivity contribution >= 4 is 34.6 Å². The SMILES string of the molecule is CN(CC1COc2ccccc2O1)C(=S)Nc1ccc(F)c(Cl)c1. The molecule has 0 aromatic heterocycles. The van der Waals surface area contributed by atoms with Crippen molar-refractivity contribution in [3.63, 3.8) is 0 Å². The average molecular weight is 367 g/mol. The van der Waals surface area contributed by atoms with Crippen LogP contribution >= 0.6 is 23.8 Å². The summed E-state index contributed by atoms with van der Waals surface area (Å²) in [6, 6.07) is 11.9. The number of fused-ring (bicyclic) bond motifs is 1. The highest BCUT2D eigenvalue weighted by Crippen LogP contribution is 2.31. The van der Waals surface area contributed by atoms with Gasteiger partial charge in [-0.3, -0.25) is 0 Å². The summed E-state index contributed by atoms with van der Waals surface area (Å²) in [7, 11) is 1.85. The molecule has 1 N–H and O–H groups in total. The summed E-state index contributed by atoms with van der Waals surface area (Å²) in [4.78, 5) is 1.84. The van der Waals surface area contributed by atoms with E-state index in [-0.39, 0.29) is 11.1 Å². The van der Waals surface area contributed by atoms with E-state index in [4.69, 9.17) is 33.3 Å². The molecule has 24 heavy (non-hydrogen) atoms. The van der Waals surface area contributed by atoms with Gasteiger partial charge in [-0.15, -0.1) is 0 Å². The number of halogens is 2. The van der Waals surface area contributed by atoms with Crippen LogP contribution in [0.15, 0.2) is 42.5 Å². The van der Waals surface area contributed by atoms with E-state index in [1.807, 2.05) is 36.2 Å². The van der Waals surface area contributed by atoms with Crippen molar-refractivity contribution in [3.8, 4) is 11.5 Å². The lowest BCUT2D eigenvalue weighted by Gasteiger charge is -2.30. The highest BCUT2D eigenvalue weighted by Gasteiger charge is 2.22. The molecule has 4 nitrogen and oxygen atoms in total. The minimum atomic E-state index is -0.465. The third-order valence-corrected chi connectivity index (χ3v) is 4.27. The number of nitrogens with one attached hydrogen (secondary N) is 1. The maximum absolute atomic E-state index is 13.2. The standard InChI is InChI=1S/C17H16ClFN2O2S/c1-21(17(24)20-11-6-7-14(19)13(18)8-11)9-12-10-22-15-4-2-3-5-16(15)23-12/h2-8,12H,9-10H2,1H3,(H,20,24). The first-order valence-electron chi connectivity index (χ1n) is 7.38. The molecule has 0 saturated carbocycles. The fourth-order valence-electron chi connectivity index (χ4n) is 2.33.